The number of unbranched alkanes of at least 4 members (excludes halogenated alkanes) is 15. The van der Waals surface area contributed by atoms with E-state index in [-0.39, 0.29) is 79.4 Å². The fourth-order valence-corrected chi connectivity index (χ4v) is 16.3. The van der Waals surface area contributed by atoms with E-state index in [4.69, 9.17) is 14.2 Å². The summed E-state index contributed by atoms with van der Waals surface area (Å²) < 4.78 is 16.4. The molecule has 5 rings (SSSR count). The summed E-state index contributed by atoms with van der Waals surface area (Å²) in [6.07, 6.45) is 50.5. The third-order valence-electron chi connectivity index (χ3n) is 20.2. The van der Waals surface area contributed by atoms with E-state index < -0.39 is 11.2 Å². The predicted octanol–water partition coefficient (Wildman–Crippen LogP) is 21.1. The Kier molecular flexibility index (Phi) is 51.2. The van der Waals surface area contributed by atoms with Crippen molar-refractivity contribution in [3.05, 3.63) is 36.5 Å². The van der Waals surface area contributed by atoms with Crippen molar-refractivity contribution < 1.29 is 83.4 Å². The number of Topliss-reactive ketones (excluding diaryl/α,β-unsaturated/α-hetero) is 4. The number of carbonyl (C=O) groups excluding carboxylic acids is 7. The molecule has 5 aliphatic carbocycles. The Hall–Kier alpha value is -0.242. The average molecular weight is 1790 g/mol. The van der Waals surface area contributed by atoms with Crippen molar-refractivity contribution in [2.24, 2.45) is 53.3 Å². The van der Waals surface area contributed by atoms with E-state index in [1.165, 1.54) is 70.6 Å². The van der Waals surface area contributed by atoms with Crippen molar-refractivity contribution in [1.29, 1.82) is 0 Å². The molecule has 5 aliphatic rings. The fourth-order valence-electron chi connectivity index (χ4n) is 15.4. The Morgan fingerprint density at radius 2 is 0.840 bits per heavy atom. The van der Waals surface area contributed by atoms with Crippen LogP contribution in [-0.4, -0.2) is 85.2 Å². The molecular formula is C78H131I3O12Sm. The minimum absolute atomic E-state index is 0.0522. The maximum atomic E-state index is 12.6. The van der Waals surface area contributed by atoms with Crippen molar-refractivity contribution in [2.45, 2.75) is 355 Å². The molecule has 11 atom stereocenters. The Morgan fingerprint density at radius 3 is 1.20 bits per heavy atom. The van der Waals surface area contributed by atoms with E-state index in [0.717, 1.165) is 146 Å². The number of allylic oxidation sites excluding steroid dienone is 6. The van der Waals surface area contributed by atoms with Gasteiger partial charge >= 0.3 is 71.9 Å². The van der Waals surface area contributed by atoms with Crippen LogP contribution in [0.5, 0.6) is 0 Å². The number of ether oxygens (including phenoxy) is 3. The molecule has 0 aromatic heterocycles. The van der Waals surface area contributed by atoms with E-state index >= 15 is 0 Å². The van der Waals surface area contributed by atoms with Crippen LogP contribution >= 0.6 is 51.2 Å². The van der Waals surface area contributed by atoms with Gasteiger partial charge in [-0.1, -0.05) is 170 Å². The van der Waals surface area contributed by atoms with E-state index in [1.54, 1.807) is 0 Å². The number of rotatable bonds is 43. The predicted molar refractivity (Wildman–Crippen MR) is 406 cm³/mol. The van der Waals surface area contributed by atoms with Gasteiger partial charge in [-0.15, -0.1) is 0 Å². The quantitative estimate of drug-likeness (QED) is 0.0147. The van der Waals surface area contributed by atoms with Crippen molar-refractivity contribution >= 4 is 92.2 Å². The van der Waals surface area contributed by atoms with Gasteiger partial charge in [0.25, 0.3) is 0 Å². The maximum absolute atomic E-state index is 12.6. The third kappa shape index (κ3) is 39.3. The summed E-state index contributed by atoms with van der Waals surface area (Å²) in [4.78, 5) is 84.8. The van der Waals surface area contributed by atoms with Crippen LogP contribution in [0, 0.1) is 78.7 Å². The number of hydrogen-bond acceptors (Lipinski definition) is 12. The normalized spacial score (nSPS) is 25.7. The zero-order chi connectivity index (χ0) is 69.7. The summed E-state index contributed by atoms with van der Waals surface area (Å²) in [7, 11) is 0. The van der Waals surface area contributed by atoms with Gasteiger partial charge in [-0.05, 0) is 199 Å². The Balaban J connectivity index is 0.000000470. The second-order valence-electron chi connectivity index (χ2n) is 29.2. The number of ketones is 4. The van der Waals surface area contributed by atoms with Gasteiger partial charge < -0.3 is 24.4 Å². The van der Waals surface area contributed by atoms with Gasteiger partial charge in [-0.25, -0.2) is 0 Å². The molecule has 0 aliphatic heterocycles. The molecule has 16 heteroatoms. The molecular weight excluding hydrogens is 1660 g/mol. The summed E-state index contributed by atoms with van der Waals surface area (Å²) in [6, 6.07) is 0. The minimum atomic E-state index is -0.539. The molecule has 5 fully saturated rings. The Bertz CT molecular complexity index is 2120. The van der Waals surface area contributed by atoms with Gasteiger partial charge in [0.05, 0.1) is 29.5 Å². The molecule has 0 bridgehead atoms. The van der Waals surface area contributed by atoms with Crippen LogP contribution in [0.15, 0.2) is 36.5 Å². The number of fused-ring (bicyclic) bond motifs is 2. The van der Waals surface area contributed by atoms with Crippen LogP contribution in [0.1, 0.15) is 326 Å². The van der Waals surface area contributed by atoms with E-state index in [1.807, 2.05) is 41.5 Å². The third-order valence-corrected chi connectivity index (χ3v) is 21.3. The molecule has 542 valence electrons. The molecule has 0 spiro atoms. The summed E-state index contributed by atoms with van der Waals surface area (Å²) in [5, 5.41) is 22.1. The number of alkyl halides is 1. The van der Waals surface area contributed by atoms with Crippen molar-refractivity contribution in [1.82, 2.24) is 0 Å². The molecule has 0 aromatic rings. The summed E-state index contributed by atoms with van der Waals surface area (Å²) in [5.41, 5.74) is -1.08. The molecule has 12 nitrogen and oxygen atoms in total. The van der Waals surface area contributed by atoms with E-state index in [9.17, 15) is 43.8 Å². The Labute approximate surface area is 618 Å². The second kappa shape index (κ2) is 53.6. The van der Waals surface area contributed by atoms with Gasteiger partial charge in [0, 0.05) is 73.5 Å². The first-order valence-corrected chi connectivity index (χ1v) is 54.1. The second-order valence-corrected chi connectivity index (χ2v) is 49.5. The monoisotopic (exact) mass is 1790 g/mol. The number of esters is 3. The summed E-state index contributed by atoms with van der Waals surface area (Å²) in [6.45, 7) is 17.8. The van der Waals surface area contributed by atoms with Crippen LogP contribution in [0.4, 0.5) is 0 Å². The summed E-state index contributed by atoms with van der Waals surface area (Å²) in [5.74, 6) is 3.80. The molecule has 94 heavy (non-hydrogen) atoms. The van der Waals surface area contributed by atoms with Gasteiger partial charge in [0.2, 0.25) is 0 Å². The first kappa shape index (κ1) is 89.8. The molecule has 0 heterocycles. The first-order valence-electron chi connectivity index (χ1n) is 37.5. The zero-order valence-electron chi connectivity index (χ0n) is 60.1. The van der Waals surface area contributed by atoms with Crippen molar-refractivity contribution in [2.75, 3.05) is 4.43 Å². The van der Waals surface area contributed by atoms with Gasteiger partial charge in [0.1, 0.15) is 23.1 Å². The van der Waals surface area contributed by atoms with Gasteiger partial charge in [-0.3, -0.25) is 33.6 Å². The van der Waals surface area contributed by atoms with Gasteiger partial charge in [0.15, 0.2) is 0 Å². The Morgan fingerprint density at radius 1 is 0.489 bits per heavy atom. The first-order chi connectivity index (χ1) is 45.0. The molecule has 1 unspecified atom stereocenters. The zero-order valence-corrected chi connectivity index (χ0v) is 69.2. The van der Waals surface area contributed by atoms with E-state index in [0.29, 0.717) is 110 Å². The van der Waals surface area contributed by atoms with Crippen LogP contribution in [-0.2, 0) is 47.8 Å². The topological polar surface area (TPSA) is 188 Å². The molecule has 0 radical (unpaired) electrons. The molecule has 0 amide bonds. The van der Waals surface area contributed by atoms with Crippen LogP contribution in [0.25, 0.3) is 0 Å². The SMILES string of the molecule is CCCCCCCC(=O)CC[C@H]1[C@H](CI)CC(=O)[C@@H]1CC=CCCCC(=O)OC(C)C.CCCCCCCC1(O)CC[C@H]2[C@@H](CC(=O)[C@@H]2CC=CCCCC(=O)OC(C)C)C1.CCCCCCC[C@@]1(O)CC[C@H]2[C@@H](CC(=O)[C@@H]2CC=CCCCC(=O)OC(C)C)C1.[I][Sm][I]. The average Bonchev–Trinajstić information content (AvgIpc) is 1.63. The van der Waals surface area contributed by atoms with Gasteiger partial charge in [-0.2, -0.15) is 0 Å². The fraction of sp³-hybridized carbons (Fsp3) is 0.833. The van der Waals surface area contributed by atoms with E-state index in [2.05, 4.69) is 108 Å². The molecule has 0 saturated heterocycles. The number of hydrogen-bond donors (Lipinski definition) is 2. The number of halogens is 3. The van der Waals surface area contributed by atoms with Crippen LogP contribution in [0.3, 0.4) is 0 Å². The number of carbonyl (C=O) groups is 7. The summed E-state index contributed by atoms with van der Waals surface area (Å²) >= 11 is 7.46. The van der Waals surface area contributed by atoms with Crippen molar-refractivity contribution in [3.63, 3.8) is 0 Å². The number of aliphatic hydroxyl groups is 2. The molecule has 5 saturated carbocycles. The van der Waals surface area contributed by atoms with Crippen molar-refractivity contribution in [3.8, 4) is 0 Å². The van der Waals surface area contributed by atoms with Crippen LogP contribution < -0.4 is 0 Å². The van der Waals surface area contributed by atoms with Crippen LogP contribution in [0.2, 0.25) is 0 Å². The molecule has 2 N–H and O–H groups in total. The standard InChI is InChI=1S/C26H43IO4.2C26H44O4.2HI.Sm/c1-4-5-6-7-10-13-22(28)16-17-23-21(19-27)18-25(29)24(23)14-11-8-9-12-15-26(30)31-20(2)3;2*1-4-5-6-9-12-16-26(29)17-15-22-21(19-26)18-24(27)23(22)13-10-7-8-11-14-25(28)30-20(2)3;;;/h8,11,20-21,23-24H,4-7,9-10,12-19H2,1-3H3;2*7,10,20-23,29H,4-6,8-9,11-19H2,1-3H3;2*1H;/q;;;;;+2/p-2/t21-,23-,24+;21-,22-,23+,26?;21-,22-,23+,26+;;;/m000.../s1. The molecule has 0 aromatic carbocycles.